The van der Waals surface area contributed by atoms with E-state index >= 15 is 0 Å². The molecule has 0 saturated heterocycles. The first-order valence-electron chi connectivity index (χ1n) is 12.9. The summed E-state index contributed by atoms with van der Waals surface area (Å²) in [5.41, 5.74) is 3.12. The minimum Gasteiger partial charge on any atom is -0.493 e. The largest absolute Gasteiger partial charge is 0.493 e. The molecule has 37 heavy (non-hydrogen) atoms. The van der Waals surface area contributed by atoms with Gasteiger partial charge in [-0.2, -0.15) is 0 Å². The molecule has 192 valence electrons. The number of nitrogens with zero attached hydrogens (tertiary/aromatic N) is 3. The van der Waals surface area contributed by atoms with Gasteiger partial charge in [-0.1, -0.05) is 18.2 Å². The summed E-state index contributed by atoms with van der Waals surface area (Å²) in [6.07, 6.45) is 1.70. The molecule has 0 saturated carbocycles. The van der Waals surface area contributed by atoms with E-state index in [0.29, 0.717) is 41.6 Å². The van der Waals surface area contributed by atoms with Crippen LogP contribution >= 0.6 is 0 Å². The van der Waals surface area contributed by atoms with Crippen LogP contribution in [0.4, 0.5) is 5.69 Å². The van der Waals surface area contributed by atoms with Crippen LogP contribution in [0.3, 0.4) is 0 Å². The number of carbonyl (C=O) groups excluding carboxylic acids is 1. The zero-order chi connectivity index (χ0) is 26.2. The van der Waals surface area contributed by atoms with Crippen molar-refractivity contribution in [3.05, 3.63) is 83.2 Å². The molecular formula is C30H33N3O4. The third-order valence-electron chi connectivity index (χ3n) is 7.16. The number of benzene rings is 2. The molecule has 2 aromatic heterocycles. The Hall–Kier alpha value is -4.00. The molecule has 7 heteroatoms. The van der Waals surface area contributed by atoms with Crippen LogP contribution in [0.2, 0.25) is 0 Å². The summed E-state index contributed by atoms with van der Waals surface area (Å²) >= 11 is 0. The van der Waals surface area contributed by atoms with Gasteiger partial charge in [0.2, 0.25) is 11.5 Å². The van der Waals surface area contributed by atoms with Gasteiger partial charge < -0.3 is 23.7 Å². The first kappa shape index (κ1) is 24.7. The number of anilines is 1. The van der Waals surface area contributed by atoms with Crippen molar-refractivity contribution in [2.24, 2.45) is 0 Å². The average molecular weight is 500 g/mol. The number of aryl methyl sites for hydroxylation is 1. The second-order valence-corrected chi connectivity index (χ2v) is 8.90. The van der Waals surface area contributed by atoms with E-state index in [-0.39, 0.29) is 0 Å². The number of fused-ring (bicyclic) bond motifs is 2. The highest BCUT2D eigenvalue weighted by Crippen LogP contribution is 2.54. The molecular weight excluding hydrogens is 466 g/mol. The monoisotopic (exact) mass is 499 g/mol. The van der Waals surface area contributed by atoms with E-state index in [1.807, 2.05) is 37.3 Å². The minimum absolute atomic E-state index is 0.422. The number of methoxy groups -OCH3 is 1. The molecule has 0 N–H and O–H groups in total. The fraction of sp³-hybridized carbons (Fsp3) is 0.333. The van der Waals surface area contributed by atoms with Crippen molar-refractivity contribution in [1.29, 1.82) is 0 Å². The lowest BCUT2D eigenvalue weighted by atomic mass is 9.81. The smallest absolute Gasteiger partial charge is 0.341 e. The average Bonchev–Trinajstić information content (AvgIpc) is 3.42. The quantitative estimate of drug-likeness (QED) is 0.272. The number of aromatic nitrogens is 2. The molecule has 0 fully saturated rings. The van der Waals surface area contributed by atoms with E-state index in [0.717, 1.165) is 35.2 Å². The molecule has 2 aromatic carbocycles. The van der Waals surface area contributed by atoms with Gasteiger partial charge in [-0.05, 0) is 58.0 Å². The number of esters is 1. The third-order valence-corrected chi connectivity index (χ3v) is 7.16. The van der Waals surface area contributed by atoms with E-state index in [1.54, 1.807) is 25.4 Å². The summed E-state index contributed by atoms with van der Waals surface area (Å²) in [4.78, 5) is 20.4. The lowest BCUT2D eigenvalue weighted by Gasteiger charge is -2.32. The van der Waals surface area contributed by atoms with Crippen LogP contribution in [0.15, 0.2) is 60.8 Å². The van der Waals surface area contributed by atoms with Crippen molar-refractivity contribution in [3.8, 4) is 11.6 Å². The van der Waals surface area contributed by atoms with E-state index < -0.39 is 11.6 Å². The molecule has 0 radical (unpaired) electrons. The second kappa shape index (κ2) is 9.81. The van der Waals surface area contributed by atoms with E-state index in [9.17, 15) is 4.79 Å². The minimum atomic E-state index is -1.36. The fourth-order valence-corrected chi connectivity index (χ4v) is 5.59. The number of ether oxygens (including phenoxy) is 3. The van der Waals surface area contributed by atoms with Crippen molar-refractivity contribution in [3.63, 3.8) is 0 Å². The van der Waals surface area contributed by atoms with Crippen molar-refractivity contribution < 1.29 is 19.0 Å². The van der Waals surface area contributed by atoms with Crippen molar-refractivity contribution in [2.75, 3.05) is 31.7 Å². The topological polar surface area (TPSA) is 65.8 Å². The van der Waals surface area contributed by atoms with Gasteiger partial charge in [-0.3, -0.25) is 4.98 Å². The fourth-order valence-electron chi connectivity index (χ4n) is 5.59. The number of carbonyl (C=O) groups is 1. The van der Waals surface area contributed by atoms with E-state index in [4.69, 9.17) is 19.2 Å². The maximum absolute atomic E-state index is 13.4. The standard InChI is InChI=1S/C30H33N3O4/c1-6-32(7-2)20-16-17-23(25(19-20)36-9-4)30(27-22(29(34)37-30)14-12-18-31-27)26-21-13-10-11-15-24(21)33(8-3)28(26)35-5/h10-19H,6-9H2,1-5H3. The second-order valence-electron chi connectivity index (χ2n) is 8.90. The molecule has 7 nitrogen and oxygen atoms in total. The molecule has 0 bridgehead atoms. The van der Waals surface area contributed by atoms with Crippen molar-refractivity contribution >= 4 is 22.6 Å². The lowest BCUT2D eigenvalue weighted by molar-refractivity contribution is 0.0232. The molecule has 1 unspecified atom stereocenters. The number of pyridine rings is 1. The molecule has 5 rings (SSSR count). The van der Waals surface area contributed by atoms with Gasteiger partial charge in [-0.15, -0.1) is 0 Å². The predicted octanol–water partition coefficient (Wildman–Crippen LogP) is 5.77. The van der Waals surface area contributed by atoms with E-state index in [1.165, 1.54) is 0 Å². The molecule has 3 heterocycles. The van der Waals surface area contributed by atoms with Gasteiger partial charge in [0.15, 0.2) is 0 Å². The van der Waals surface area contributed by atoms with Crippen LogP contribution in [0, 0.1) is 0 Å². The van der Waals surface area contributed by atoms with Gasteiger partial charge in [-0.25, -0.2) is 4.79 Å². The first-order valence-corrected chi connectivity index (χ1v) is 12.9. The summed E-state index contributed by atoms with van der Waals surface area (Å²) in [5, 5.41) is 0.933. The number of cyclic esters (lactones) is 1. The normalized spacial score (nSPS) is 16.5. The number of rotatable bonds is 9. The van der Waals surface area contributed by atoms with Crippen LogP contribution in [0.1, 0.15) is 54.9 Å². The maximum atomic E-state index is 13.4. The zero-order valence-corrected chi connectivity index (χ0v) is 22.1. The van der Waals surface area contributed by atoms with Gasteiger partial charge >= 0.3 is 5.97 Å². The maximum Gasteiger partial charge on any atom is 0.341 e. The summed E-state index contributed by atoms with van der Waals surface area (Å²) in [5.74, 6) is 0.854. The van der Waals surface area contributed by atoms with Gasteiger partial charge in [0.1, 0.15) is 11.4 Å². The molecule has 0 amide bonds. The summed E-state index contributed by atoms with van der Waals surface area (Å²) in [6.45, 7) is 11.2. The number of hydrogen-bond acceptors (Lipinski definition) is 6. The van der Waals surface area contributed by atoms with Crippen LogP contribution in [0.5, 0.6) is 11.6 Å². The van der Waals surface area contributed by atoms with E-state index in [2.05, 4.69) is 42.4 Å². The highest BCUT2D eigenvalue weighted by atomic mass is 16.6. The van der Waals surface area contributed by atoms with Crippen LogP contribution in [0.25, 0.3) is 10.9 Å². The molecule has 0 spiro atoms. The summed E-state index contributed by atoms with van der Waals surface area (Å²) in [6, 6.07) is 17.7. The SMILES string of the molecule is CCOc1cc(N(CC)CC)ccc1C1(c2c(OC)n(CC)c3ccccc23)OC(=O)c2cccnc21. The van der Waals surface area contributed by atoms with Crippen molar-refractivity contribution in [2.45, 2.75) is 39.8 Å². The molecule has 1 aliphatic rings. The molecule has 0 aliphatic carbocycles. The van der Waals surface area contributed by atoms with Gasteiger partial charge in [0.25, 0.3) is 0 Å². The summed E-state index contributed by atoms with van der Waals surface area (Å²) in [7, 11) is 1.65. The Labute approximate surface area is 217 Å². The Kier molecular flexibility index (Phi) is 6.54. The Morgan fingerprint density at radius 2 is 1.81 bits per heavy atom. The Bertz CT molecular complexity index is 1460. The molecule has 1 atom stereocenters. The Morgan fingerprint density at radius 1 is 1.03 bits per heavy atom. The predicted molar refractivity (Wildman–Crippen MR) is 145 cm³/mol. The Morgan fingerprint density at radius 3 is 2.51 bits per heavy atom. The molecule has 1 aliphatic heterocycles. The number of para-hydroxylation sites is 1. The number of hydrogen-bond donors (Lipinski definition) is 0. The third kappa shape index (κ3) is 3.64. The highest BCUT2D eigenvalue weighted by molar-refractivity contribution is 5.98. The zero-order valence-electron chi connectivity index (χ0n) is 22.1. The molecule has 4 aromatic rings. The van der Waals surface area contributed by atoms with Crippen LogP contribution < -0.4 is 14.4 Å². The lowest BCUT2D eigenvalue weighted by Crippen LogP contribution is -2.32. The van der Waals surface area contributed by atoms with Gasteiger partial charge in [0.05, 0.1) is 30.4 Å². The van der Waals surface area contributed by atoms with Crippen LogP contribution in [-0.2, 0) is 16.9 Å². The summed E-state index contributed by atoms with van der Waals surface area (Å²) < 4.78 is 20.9. The Balaban J connectivity index is 1.92. The van der Waals surface area contributed by atoms with Crippen LogP contribution in [-0.4, -0.2) is 42.3 Å². The van der Waals surface area contributed by atoms with Gasteiger partial charge in [0, 0.05) is 48.5 Å². The first-order chi connectivity index (χ1) is 18.0. The van der Waals surface area contributed by atoms with Crippen molar-refractivity contribution in [1.82, 2.24) is 9.55 Å². The highest BCUT2D eigenvalue weighted by Gasteiger charge is 2.55.